The number of aromatic nitrogens is 1. The van der Waals surface area contributed by atoms with Crippen LogP contribution in [-0.2, 0) is 16.0 Å². The Hall–Kier alpha value is -4.37. The minimum absolute atomic E-state index is 0.0142. The largest absolute Gasteiger partial charge is 0.507 e. The molecule has 2 atom stereocenters. The molecule has 4 aromatic rings. The van der Waals surface area contributed by atoms with Crippen molar-refractivity contribution in [1.29, 1.82) is 0 Å². The van der Waals surface area contributed by atoms with Crippen molar-refractivity contribution < 1.29 is 28.9 Å². The van der Waals surface area contributed by atoms with Crippen molar-refractivity contribution in [1.82, 2.24) is 4.98 Å². The number of hydrogen-bond acceptors (Lipinski definition) is 8. The van der Waals surface area contributed by atoms with Crippen molar-refractivity contribution in [3.8, 4) is 17.2 Å². The lowest BCUT2D eigenvalue weighted by atomic mass is 9.94. The number of nitrogens with zero attached hydrogens (tertiary/aromatic N) is 2. The molecule has 8 nitrogen and oxygen atoms in total. The molecular weight excluding hydrogens is 552 g/mol. The fraction of sp³-hybridized carbons (Fsp3) is 0.303. The second-order valence-corrected chi connectivity index (χ2v) is 11.6. The molecule has 2 unspecified atom stereocenters. The quantitative estimate of drug-likeness (QED) is 0.0997. The standard InChI is InChI=1S/C33H32N2O6S/c1-4-5-6-15-40-23-10-7-20(8-11-23)29-28(30(36)21-9-14-26-22(17-21)16-19(2)41-26)31(37)32(38)35(29)33-34-25-13-12-24(39-3)18-27(25)42-33/h7-14,17-19,29,36H,4-6,15-16H2,1-3H3/b30-28-. The molecule has 1 fully saturated rings. The molecule has 6 rings (SSSR count). The molecular formula is C33H32N2O6S. The molecule has 3 heterocycles. The van der Waals surface area contributed by atoms with E-state index in [0.717, 1.165) is 35.3 Å². The summed E-state index contributed by atoms with van der Waals surface area (Å²) in [5.74, 6) is 0.388. The van der Waals surface area contributed by atoms with Gasteiger partial charge in [-0.2, -0.15) is 0 Å². The van der Waals surface area contributed by atoms with E-state index >= 15 is 0 Å². The first-order valence-corrected chi connectivity index (χ1v) is 15.0. The number of ketones is 1. The summed E-state index contributed by atoms with van der Waals surface area (Å²) >= 11 is 1.29. The van der Waals surface area contributed by atoms with Crippen molar-refractivity contribution in [2.24, 2.45) is 0 Å². The lowest BCUT2D eigenvalue weighted by molar-refractivity contribution is -0.132. The van der Waals surface area contributed by atoms with Gasteiger partial charge in [0.25, 0.3) is 5.78 Å². The van der Waals surface area contributed by atoms with Crippen LogP contribution in [0.2, 0.25) is 0 Å². The highest BCUT2D eigenvalue weighted by Gasteiger charge is 2.48. The number of carbonyl (C=O) groups is 2. The van der Waals surface area contributed by atoms with Crippen LogP contribution in [0.4, 0.5) is 5.13 Å². The molecule has 1 amide bonds. The molecule has 0 saturated carbocycles. The number of carbonyl (C=O) groups excluding carboxylic acids is 2. The number of benzene rings is 3. The lowest BCUT2D eigenvalue weighted by Crippen LogP contribution is -2.29. The number of Topliss-reactive ketones (excluding diaryl/α,β-unsaturated/α-hetero) is 1. The van der Waals surface area contributed by atoms with Crippen molar-refractivity contribution in [3.05, 3.63) is 82.9 Å². The van der Waals surface area contributed by atoms with Gasteiger partial charge in [-0.15, -0.1) is 0 Å². The zero-order valence-electron chi connectivity index (χ0n) is 23.8. The van der Waals surface area contributed by atoms with E-state index in [2.05, 4.69) is 6.92 Å². The maximum atomic E-state index is 13.7. The van der Waals surface area contributed by atoms with Gasteiger partial charge in [0.1, 0.15) is 29.1 Å². The summed E-state index contributed by atoms with van der Waals surface area (Å²) in [6, 6.07) is 17.3. The third-order valence-electron chi connectivity index (χ3n) is 7.62. The smallest absolute Gasteiger partial charge is 0.301 e. The van der Waals surface area contributed by atoms with Crippen LogP contribution >= 0.6 is 11.3 Å². The average molecular weight is 585 g/mol. The summed E-state index contributed by atoms with van der Waals surface area (Å²) in [5.41, 5.74) is 2.76. The summed E-state index contributed by atoms with van der Waals surface area (Å²) in [5, 5.41) is 12.0. The number of unbranched alkanes of at least 4 members (excludes halogenated alkanes) is 2. The first-order valence-electron chi connectivity index (χ1n) is 14.2. The second-order valence-electron chi connectivity index (χ2n) is 10.6. The van der Waals surface area contributed by atoms with E-state index in [1.54, 1.807) is 25.3 Å². The number of aliphatic hydroxyl groups excluding tert-OH is 1. The summed E-state index contributed by atoms with van der Waals surface area (Å²) in [7, 11) is 1.59. The number of methoxy groups -OCH3 is 1. The Morgan fingerprint density at radius 3 is 2.62 bits per heavy atom. The van der Waals surface area contributed by atoms with Gasteiger partial charge in [0.2, 0.25) is 0 Å². The Morgan fingerprint density at radius 1 is 1.07 bits per heavy atom. The number of rotatable bonds is 9. The molecule has 2 aliphatic heterocycles. The monoisotopic (exact) mass is 584 g/mol. The molecule has 0 spiro atoms. The first-order chi connectivity index (χ1) is 20.4. The maximum absolute atomic E-state index is 13.7. The fourth-order valence-electron chi connectivity index (χ4n) is 5.48. The molecule has 42 heavy (non-hydrogen) atoms. The van der Waals surface area contributed by atoms with E-state index in [1.165, 1.54) is 16.2 Å². The van der Waals surface area contributed by atoms with E-state index in [-0.39, 0.29) is 17.4 Å². The summed E-state index contributed by atoms with van der Waals surface area (Å²) in [6.07, 6.45) is 3.89. The zero-order valence-corrected chi connectivity index (χ0v) is 24.6. The van der Waals surface area contributed by atoms with Crippen LogP contribution in [-0.4, -0.2) is 41.6 Å². The van der Waals surface area contributed by atoms with E-state index in [1.807, 2.05) is 49.4 Å². The van der Waals surface area contributed by atoms with Crippen molar-refractivity contribution in [3.63, 3.8) is 0 Å². The number of anilines is 1. The van der Waals surface area contributed by atoms with Gasteiger partial charge in [-0.05, 0) is 73.0 Å². The number of fused-ring (bicyclic) bond motifs is 2. The van der Waals surface area contributed by atoms with Crippen LogP contribution < -0.4 is 19.1 Å². The molecule has 0 bridgehead atoms. The molecule has 1 saturated heterocycles. The Balaban J connectivity index is 1.44. The predicted octanol–water partition coefficient (Wildman–Crippen LogP) is 6.82. The molecule has 216 valence electrons. The van der Waals surface area contributed by atoms with Gasteiger partial charge in [0, 0.05) is 12.0 Å². The topological polar surface area (TPSA) is 98.2 Å². The SMILES string of the molecule is CCCCCOc1ccc(C2/C(=C(/O)c3ccc4c(c3)CC(C)O4)C(=O)C(=O)N2c2nc3ccc(OC)cc3s2)cc1. The third-order valence-corrected chi connectivity index (χ3v) is 8.63. The van der Waals surface area contributed by atoms with Crippen molar-refractivity contribution in [2.45, 2.75) is 51.7 Å². The zero-order chi connectivity index (χ0) is 29.4. The molecule has 0 aliphatic carbocycles. The van der Waals surface area contributed by atoms with Crippen LogP contribution in [0.25, 0.3) is 16.0 Å². The Morgan fingerprint density at radius 2 is 1.86 bits per heavy atom. The minimum atomic E-state index is -0.884. The van der Waals surface area contributed by atoms with Crippen LogP contribution in [0.5, 0.6) is 17.2 Å². The average Bonchev–Trinajstić information content (AvgIpc) is 3.66. The Bertz CT molecular complexity index is 1690. The highest BCUT2D eigenvalue weighted by Crippen LogP contribution is 2.45. The minimum Gasteiger partial charge on any atom is -0.507 e. The van der Waals surface area contributed by atoms with Crippen molar-refractivity contribution in [2.75, 3.05) is 18.6 Å². The third kappa shape index (κ3) is 5.09. The summed E-state index contributed by atoms with van der Waals surface area (Å²) < 4.78 is 17.9. The highest BCUT2D eigenvalue weighted by molar-refractivity contribution is 7.22. The van der Waals surface area contributed by atoms with Gasteiger partial charge >= 0.3 is 5.91 Å². The van der Waals surface area contributed by atoms with Crippen LogP contribution in [0.1, 0.15) is 55.8 Å². The van der Waals surface area contributed by atoms with Gasteiger partial charge in [-0.1, -0.05) is 43.2 Å². The number of amides is 1. The lowest BCUT2D eigenvalue weighted by Gasteiger charge is -2.23. The van der Waals surface area contributed by atoms with Gasteiger partial charge in [0.05, 0.1) is 35.5 Å². The number of aliphatic hydroxyl groups is 1. The predicted molar refractivity (Wildman–Crippen MR) is 163 cm³/mol. The Labute approximate surface area is 248 Å². The molecule has 9 heteroatoms. The van der Waals surface area contributed by atoms with Crippen molar-refractivity contribution >= 4 is 44.1 Å². The highest BCUT2D eigenvalue weighted by atomic mass is 32.1. The van der Waals surface area contributed by atoms with Crippen LogP contribution in [0, 0.1) is 0 Å². The molecule has 2 aliphatic rings. The van der Waals surface area contributed by atoms with E-state index in [0.29, 0.717) is 46.3 Å². The van der Waals surface area contributed by atoms with Crippen LogP contribution in [0.15, 0.2) is 66.2 Å². The number of ether oxygens (including phenoxy) is 3. The summed E-state index contributed by atoms with van der Waals surface area (Å²) in [4.78, 5) is 33.4. The van der Waals surface area contributed by atoms with E-state index in [9.17, 15) is 14.7 Å². The molecule has 1 aromatic heterocycles. The molecule has 0 radical (unpaired) electrons. The maximum Gasteiger partial charge on any atom is 0.301 e. The first kappa shape index (κ1) is 27.8. The van der Waals surface area contributed by atoms with Gasteiger partial charge in [-0.25, -0.2) is 4.98 Å². The van der Waals surface area contributed by atoms with E-state index < -0.39 is 17.7 Å². The Kier molecular flexibility index (Phi) is 7.60. The van der Waals surface area contributed by atoms with Gasteiger partial charge < -0.3 is 19.3 Å². The number of thiazole rings is 1. The van der Waals surface area contributed by atoms with E-state index in [4.69, 9.17) is 19.2 Å². The molecule has 1 N–H and O–H groups in total. The molecule has 3 aromatic carbocycles. The summed E-state index contributed by atoms with van der Waals surface area (Å²) in [6.45, 7) is 4.74. The van der Waals surface area contributed by atoms with Gasteiger partial charge in [-0.3, -0.25) is 14.5 Å². The number of hydrogen-bond donors (Lipinski definition) is 1. The fourth-order valence-corrected chi connectivity index (χ4v) is 6.50. The second kappa shape index (κ2) is 11.5. The normalized spacial score (nSPS) is 19.3. The van der Waals surface area contributed by atoms with Crippen LogP contribution in [0.3, 0.4) is 0 Å². The van der Waals surface area contributed by atoms with Gasteiger partial charge in [0.15, 0.2) is 5.13 Å².